The standard InChI is InChI=1S/C18H19N3O2S2/c1-3-20(4-2)18-19-16-14(25-18)11-15(24-16)17(22)21-9-10-23-13-8-6-5-7-12(13)21/h5-8,11H,3-4,9-10H2,1-2H3. The molecule has 5 nitrogen and oxygen atoms in total. The Morgan fingerprint density at radius 2 is 2.08 bits per heavy atom. The predicted molar refractivity (Wildman–Crippen MR) is 105 cm³/mol. The van der Waals surface area contributed by atoms with Crippen LogP contribution in [0.4, 0.5) is 10.8 Å². The van der Waals surface area contributed by atoms with Gasteiger partial charge in [0.2, 0.25) is 0 Å². The maximum absolute atomic E-state index is 13.0. The van der Waals surface area contributed by atoms with Gasteiger partial charge in [0.1, 0.15) is 17.2 Å². The van der Waals surface area contributed by atoms with Crippen molar-refractivity contribution in [2.24, 2.45) is 0 Å². The van der Waals surface area contributed by atoms with E-state index in [1.165, 1.54) is 11.3 Å². The van der Waals surface area contributed by atoms with E-state index in [0.717, 1.165) is 44.1 Å². The highest BCUT2D eigenvalue weighted by atomic mass is 32.1. The number of nitrogens with zero attached hydrogens (tertiary/aromatic N) is 3. The van der Waals surface area contributed by atoms with E-state index in [4.69, 9.17) is 9.72 Å². The number of hydrogen-bond donors (Lipinski definition) is 0. The minimum Gasteiger partial charge on any atom is -0.490 e. The first-order valence-electron chi connectivity index (χ1n) is 8.40. The topological polar surface area (TPSA) is 45.7 Å². The molecule has 0 fully saturated rings. The number of carbonyl (C=O) groups is 1. The number of para-hydroxylation sites is 2. The molecule has 1 amide bonds. The van der Waals surface area contributed by atoms with Crippen molar-refractivity contribution in [3.8, 4) is 5.75 Å². The molecule has 1 aliphatic heterocycles. The third-order valence-corrected chi connectivity index (χ3v) is 6.51. The third-order valence-electron chi connectivity index (χ3n) is 4.30. The third kappa shape index (κ3) is 2.87. The molecule has 0 spiro atoms. The van der Waals surface area contributed by atoms with Gasteiger partial charge in [-0.25, -0.2) is 4.98 Å². The summed E-state index contributed by atoms with van der Waals surface area (Å²) in [5.74, 6) is 0.790. The molecular weight excluding hydrogens is 354 g/mol. The quantitative estimate of drug-likeness (QED) is 0.686. The van der Waals surface area contributed by atoms with E-state index >= 15 is 0 Å². The number of ether oxygens (including phenoxy) is 1. The van der Waals surface area contributed by atoms with Crippen molar-refractivity contribution in [3.63, 3.8) is 0 Å². The summed E-state index contributed by atoms with van der Waals surface area (Å²) in [4.78, 5) is 23.4. The van der Waals surface area contributed by atoms with E-state index in [-0.39, 0.29) is 5.91 Å². The SMILES string of the molecule is CCN(CC)c1nc2sc(C(=O)N3CCOc4ccccc43)cc2s1. The lowest BCUT2D eigenvalue weighted by Gasteiger charge is -2.29. The van der Waals surface area contributed by atoms with E-state index < -0.39 is 0 Å². The first-order chi connectivity index (χ1) is 12.2. The molecule has 0 radical (unpaired) electrons. The van der Waals surface area contributed by atoms with Crippen LogP contribution in [0.25, 0.3) is 9.53 Å². The van der Waals surface area contributed by atoms with Crippen LogP contribution in [0.3, 0.4) is 0 Å². The molecule has 3 aromatic rings. The summed E-state index contributed by atoms with van der Waals surface area (Å²) < 4.78 is 6.72. The Balaban J connectivity index is 1.64. The van der Waals surface area contributed by atoms with E-state index in [0.29, 0.717) is 13.2 Å². The lowest BCUT2D eigenvalue weighted by atomic mass is 10.2. The Morgan fingerprint density at radius 3 is 2.84 bits per heavy atom. The lowest BCUT2D eigenvalue weighted by molar-refractivity contribution is 0.0980. The summed E-state index contributed by atoms with van der Waals surface area (Å²) in [5.41, 5.74) is 0.840. The summed E-state index contributed by atoms with van der Waals surface area (Å²) in [6.45, 7) is 7.22. The fraction of sp³-hybridized carbons (Fsp3) is 0.333. The van der Waals surface area contributed by atoms with Crippen LogP contribution in [-0.2, 0) is 0 Å². The summed E-state index contributed by atoms with van der Waals surface area (Å²) in [6, 6.07) is 9.66. The maximum Gasteiger partial charge on any atom is 0.268 e. The van der Waals surface area contributed by atoms with E-state index in [2.05, 4.69) is 18.7 Å². The van der Waals surface area contributed by atoms with E-state index in [9.17, 15) is 4.79 Å². The van der Waals surface area contributed by atoms with Crippen LogP contribution in [0.2, 0.25) is 0 Å². The second-order valence-electron chi connectivity index (χ2n) is 5.72. The lowest BCUT2D eigenvalue weighted by Crippen LogP contribution is -2.37. The van der Waals surface area contributed by atoms with Gasteiger partial charge in [0.25, 0.3) is 5.91 Å². The number of aromatic nitrogens is 1. The van der Waals surface area contributed by atoms with Crippen LogP contribution in [-0.4, -0.2) is 37.1 Å². The number of anilines is 2. The number of fused-ring (bicyclic) bond motifs is 2. The molecule has 0 N–H and O–H groups in total. The number of carbonyl (C=O) groups excluding carboxylic acids is 1. The molecule has 130 valence electrons. The Labute approximate surface area is 154 Å². The molecule has 7 heteroatoms. The van der Waals surface area contributed by atoms with Gasteiger partial charge >= 0.3 is 0 Å². The smallest absolute Gasteiger partial charge is 0.268 e. The number of benzene rings is 1. The van der Waals surface area contributed by atoms with Gasteiger partial charge in [-0.3, -0.25) is 4.79 Å². The van der Waals surface area contributed by atoms with Crippen LogP contribution >= 0.6 is 22.7 Å². The van der Waals surface area contributed by atoms with Crippen molar-refractivity contribution in [1.29, 1.82) is 0 Å². The summed E-state index contributed by atoms with van der Waals surface area (Å²) in [7, 11) is 0. The van der Waals surface area contributed by atoms with Gasteiger partial charge in [-0.2, -0.15) is 0 Å². The van der Waals surface area contributed by atoms with Gasteiger partial charge in [0.15, 0.2) is 5.13 Å². The molecule has 0 aliphatic carbocycles. The molecule has 3 heterocycles. The van der Waals surface area contributed by atoms with Gasteiger partial charge in [0, 0.05) is 13.1 Å². The van der Waals surface area contributed by atoms with Crippen molar-refractivity contribution >= 4 is 48.9 Å². The van der Waals surface area contributed by atoms with Gasteiger partial charge in [-0.1, -0.05) is 23.5 Å². The molecule has 0 atom stereocenters. The van der Waals surface area contributed by atoms with Crippen LogP contribution in [0, 0.1) is 0 Å². The minimum atomic E-state index is 0.0235. The summed E-state index contributed by atoms with van der Waals surface area (Å²) in [6.07, 6.45) is 0. The fourth-order valence-electron chi connectivity index (χ4n) is 2.97. The number of thiophene rings is 1. The second kappa shape index (κ2) is 6.65. The average molecular weight is 374 g/mol. The molecule has 25 heavy (non-hydrogen) atoms. The first-order valence-corrected chi connectivity index (χ1v) is 10.0. The van der Waals surface area contributed by atoms with Crippen LogP contribution in [0.15, 0.2) is 30.3 Å². The zero-order valence-electron chi connectivity index (χ0n) is 14.2. The number of thiazole rings is 1. The van der Waals surface area contributed by atoms with Gasteiger partial charge in [-0.15, -0.1) is 11.3 Å². The van der Waals surface area contributed by atoms with Gasteiger partial charge in [-0.05, 0) is 32.0 Å². The molecule has 4 rings (SSSR count). The Bertz CT molecular complexity index is 883. The van der Waals surface area contributed by atoms with Crippen molar-refractivity contribution in [2.45, 2.75) is 13.8 Å². The highest BCUT2D eigenvalue weighted by molar-refractivity contribution is 7.29. The fourth-order valence-corrected chi connectivity index (χ4v) is 5.26. The number of hydrogen-bond acceptors (Lipinski definition) is 6. The molecule has 0 saturated heterocycles. The van der Waals surface area contributed by atoms with Gasteiger partial charge < -0.3 is 14.5 Å². The molecule has 1 aromatic carbocycles. The minimum absolute atomic E-state index is 0.0235. The normalized spacial score (nSPS) is 13.6. The van der Waals surface area contributed by atoms with Crippen LogP contribution < -0.4 is 14.5 Å². The highest BCUT2D eigenvalue weighted by Crippen LogP contribution is 2.37. The van der Waals surface area contributed by atoms with Crippen LogP contribution in [0.1, 0.15) is 23.5 Å². The monoisotopic (exact) mass is 373 g/mol. The van der Waals surface area contributed by atoms with E-state index in [1.54, 1.807) is 16.2 Å². The predicted octanol–water partition coefficient (Wildman–Crippen LogP) is 4.24. The van der Waals surface area contributed by atoms with Crippen molar-refractivity contribution in [1.82, 2.24) is 4.98 Å². The Kier molecular flexibility index (Phi) is 4.35. The van der Waals surface area contributed by atoms with Crippen molar-refractivity contribution in [2.75, 3.05) is 36.0 Å². The molecule has 2 aromatic heterocycles. The zero-order valence-corrected chi connectivity index (χ0v) is 15.8. The average Bonchev–Trinajstić information content (AvgIpc) is 3.21. The van der Waals surface area contributed by atoms with E-state index in [1.807, 2.05) is 30.3 Å². The number of rotatable bonds is 4. The molecule has 0 unspecified atom stereocenters. The highest BCUT2D eigenvalue weighted by Gasteiger charge is 2.26. The molecule has 1 aliphatic rings. The summed E-state index contributed by atoms with van der Waals surface area (Å²) >= 11 is 3.13. The van der Waals surface area contributed by atoms with Crippen molar-refractivity contribution in [3.05, 3.63) is 35.2 Å². The zero-order chi connectivity index (χ0) is 17.4. The summed E-state index contributed by atoms with van der Waals surface area (Å²) in [5, 5.41) is 1.03. The first kappa shape index (κ1) is 16.4. The molecule has 0 saturated carbocycles. The largest absolute Gasteiger partial charge is 0.490 e. The molecule has 0 bridgehead atoms. The van der Waals surface area contributed by atoms with Crippen molar-refractivity contribution < 1.29 is 9.53 Å². The number of amides is 1. The van der Waals surface area contributed by atoms with Gasteiger partial charge in [0.05, 0.1) is 21.8 Å². The Hall–Kier alpha value is -2.12. The maximum atomic E-state index is 13.0. The Morgan fingerprint density at radius 1 is 1.28 bits per heavy atom. The van der Waals surface area contributed by atoms with Crippen LogP contribution in [0.5, 0.6) is 5.75 Å². The molecular formula is C18H19N3O2S2. The second-order valence-corrected chi connectivity index (χ2v) is 7.76.